The van der Waals surface area contributed by atoms with Crippen molar-refractivity contribution in [2.24, 2.45) is 0 Å². The highest BCUT2D eigenvalue weighted by Crippen LogP contribution is 2.29. The lowest BCUT2D eigenvalue weighted by Gasteiger charge is -2.27. The van der Waals surface area contributed by atoms with Crippen LogP contribution in [0.4, 0.5) is 16.2 Å². The number of ether oxygens (including phenoxy) is 1. The van der Waals surface area contributed by atoms with Crippen molar-refractivity contribution in [2.45, 2.75) is 20.5 Å². The molecular formula is C26H20BrN3O6. The monoisotopic (exact) mass is 549 g/mol. The van der Waals surface area contributed by atoms with Crippen LogP contribution in [-0.4, -0.2) is 22.8 Å². The lowest BCUT2D eigenvalue weighted by Crippen LogP contribution is -2.54. The van der Waals surface area contributed by atoms with E-state index >= 15 is 0 Å². The molecule has 1 N–H and O–H groups in total. The van der Waals surface area contributed by atoms with Gasteiger partial charge in [0.1, 0.15) is 17.9 Å². The SMILES string of the molecule is Cc1ccc(N2C(=O)NC(=O)/C(=C\c3cc(Br)ccc3OCc3ccc([N+](=O)[O-])cc3)C2=O)cc1C. The van der Waals surface area contributed by atoms with Gasteiger partial charge >= 0.3 is 6.03 Å². The number of barbiturate groups is 1. The lowest BCUT2D eigenvalue weighted by molar-refractivity contribution is -0.384. The molecule has 0 atom stereocenters. The molecule has 0 aliphatic carbocycles. The number of benzene rings is 3. The summed E-state index contributed by atoms with van der Waals surface area (Å²) in [5.74, 6) is -1.20. The molecule has 1 aliphatic rings. The van der Waals surface area contributed by atoms with Gasteiger partial charge < -0.3 is 4.74 Å². The topological polar surface area (TPSA) is 119 Å². The van der Waals surface area contributed by atoms with Crippen LogP contribution in [0.2, 0.25) is 0 Å². The maximum atomic E-state index is 13.3. The number of aryl methyl sites for hydroxylation is 2. The van der Waals surface area contributed by atoms with Gasteiger partial charge in [-0.25, -0.2) is 9.69 Å². The molecule has 0 bridgehead atoms. The molecule has 1 aliphatic heterocycles. The Balaban J connectivity index is 1.64. The number of hydrogen-bond acceptors (Lipinski definition) is 6. The Morgan fingerprint density at radius 2 is 1.72 bits per heavy atom. The zero-order chi connectivity index (χ0) is 26.0. The summed E-state index contributed by atoms with van der Waals surface area (Å²) in [5.41, 5.74) is 3.11. The first-order valence-electron chi connectivity index (χ1n) is 10.8. The summed E-state index contributed by atoms with van der Waals surface area (Å²) in [5, 5.41) is 13.1. The largest absolute Gasteiger partial charge is 0.488 e. The second kappa shape index (κ2) is 10.1. The second-order valence-corrected chi connectivity index (χ2v) is 9.04. The zero-order valence-electron chi connectivity index (χ0n) is 19.3. The second-order valence-electron chi connectivity index (χ2n) is 8.12. The molecule has 0 unspecified atom stereocenters. The summed E-state index contributed by atoms with van der Waals surface area (Å²) in [6, 6.07) is 15.3. The molecule has 36 heavy (non-hydrogen) atoms. The molecule has 0 radical (unpaired) electrons. The Morgan fingerprint density at radius 1 is 1.00 bits per heavy atom. The van der Waals surface area contributed by atoms with Crippen LogP contribution >= 0.6 is 15.9 Å². The highest BCUT2D eigenvalue weighted by atomic mass is 79.9. The summed E-state index contributed by atoms with van der Waals surface area (Å²) in [7, 11) is 0. The average molecular weight is 550 g/mol. The van der Waals surface area contributed by atoms with E-state index in [0.29, 0.717) is 27.0 Å². The lowest BCUT2D eigenvalue weighted by atomic mass is 10.0. The molecule has 0 saturated carbocycles. The van der Waals surface area contributed by atoms with Gasteiger partial charge in [0.05, 0.1) is 10.6 Å². The number of amides is 4. The number of halogens is 1. The van der Waals surface area contributed by atoms with E-state index in [1.54, 1.807) is 48.5 Å². The number of hydrogen-bond donors (Lipinski definition) is 1. The third kappa shape index (κ3) is 5.18. The Labute approximate surface area is 214 Å². The van der Waals surface area contributed by atoms with Gasteiger partial charge in [-0.3, -0.25) is 25.0 Å². The van der Waals surface area contributed by atoms with Crippen LogP contribution in [0.15, 0.2) is 70.7 Å². The van der Waals surface area contributed by atoms with Crippen molar-refractivity contribution in [1.29, 1.82) is 0 Å². The normalized spacial score (nSPS) is 14.7. The summed E-state index contributed by atoms with van der Waals surface area (Å²) < 4.78 is 6.58. The maximum absolute atomic E-state index is 13.3. The number of nitro benzene ring substituents is 1. The standard InChI is InChI=1S/C26H20BrN3O6/c1-15-3-7-21(11-16(15)2)29-25(32)22(24(31)28-26(29)33)13-18-12-19(27)6-10-23(18)36-14-17-4-8-20(9-5-17)30(34)35/h3-13H,14H2,1-2H3,(H,28,31,33)/b22-13+. The highest BCUT2D eigenvalue weighted by molar-refractivity contribution is 9.10. The third-order valence-corrected chi connectivity index (χ3v) is 6.16. The molecule has 0 aromatic heterocycles. The van der Waals surface area contributed by atoms with E-state index in [-0.39, 0.29) is 17.9 Å². The minimum Gasteiger partial charge on any atom is -0.488 e. The van der Waals surface area contributed by atoms with Crippen LogP contribution in [0.1, 0.15) is 22.3 Å². The molecule has 4 rings (SSSR count). The van der Waals surface area contributed by atoms with Crippen LogP contribution < -0.4 is 15.0 Å². The predicted molar refractivity (Wildman–Crippen MR) is 136 cm³/mol. The fraction of sp³-hybridized carbons (Fsp3) is 0.115. The Bertz CT molecular complexity index is 1430. The zero-order valence-corrected chi connectivity index (χ0v) is 20.9. The van der Waals surface area contributed by atoms with Gasteiger partial charge in [-0.2, -0.15) is 0 Å². The van der Waals surface area contributed by atoms with Crippen molar-refractivity contribution in [3.05, 3.63) is 103 Å². The van der Waals surface area contributed by atoms with Gasteiger partial charge in [0.2, 0.25) is 0 Å². The molecule has 9 nitrogen and oxygen atoms in total. The summed E-state index contributed by atoms with van der Waals surface area (Å²) >= 11 is 3.38. The number of anilines is 1. The number of urea groups is 1. The van der Waals surface area contributed by atoms with E-state index in [0.717, 1.165) is 16.0 Å². The van der Waals surface area contributed by atoms with Crippen molar-refractivity contribution in [2.75, 3.05) is 4.90 Å². The van der Waals surface area contributed by atoms with Crippen molar-refractivity contribution in [3.8, 4) is 5.75 Å². The van der Waals surface area contributed by atoms with Crippen molar-refractivity contribution < 1.29 is 24.0 Å². The molecule has 1 fully saturated rings. The van der Waals surface area contributed by atoms with Crippen LogP contribution in [-0.2, 0) is 16.2 Å². The van der Waals surface area contributed by atoms with Crippen molar-refractivity contribution >= 4 is 51.2 Å². The molecule has 3 aromatic carbocycles. The van der Waals surface area contributed by atoms with Gasteiger partial charge in [0, 0.05) is 22.2 Å². The van der Waals surface area contributed by atoms with E-state index in [1.165, 1.54) is 18.2 Å². The fourth-order valence-corrected chi connectivity index (χ4v) is 3.93. The number of carbonyl (C=O) groups excluding carboxylic acids is 3. The molecule has 1 saturated heterocycles. The summed E-state index contributed by atoms with van der Waals surface area (Å²) in [4.78, 5) is 49.7. The number of non-ortho nitro benzene ring substituents is 1. The van der Waals surface area contributed by atoms with Gasteiger partial charge in [0.15, 0.2) is 0 Å². The molecule has 182 valence electrons. The minimum absolute atomic E-state index is 0.0301. The third-order valence-electron chi connectivity index (χ3n) is 5.66. The van der Waals surface area contributed by atoms with Gasteiger partial charge in [-0.05, 0) is 79.1 Å². The maximum Gasteiger partial charge on any atom is 0.335 e. The van der Waals surface area contributed by atoms with Crippen LogP contribution in [0.25, 0.3) is 6.08 Å². The Morgan fingerprint density at radius 3 is 2.39 bits per heavy atom. The van der Waals surface area contributed by atoms with E-state index in [4.69, 9.17) is 4.74 Å². The molecule has 3 aromatic rings. The highest BCUT2D eigenvalue weighted by Gasteiger charge is 2.37. The molecule has 1 heterocycles. The first-order chi connectivity index (χ1) is 17.1. The fourth-order valence-electron chi connectivity index (χ4n) is 3.55. The number of nitrogens with one attached hydrogen (secondary N) is 1. The molecule has 0 spiro atoms. The number of nitro groups is 1. The van der Waals surface area contributed by atoms with E-state index < -0.39 is 22.8 Å². The van der Waals surface area contributed by atoms with Crippen LogP contribution in [0.5, 0.6) is 5.75 Å². The van der Waals surface area contributed by atoms with E-state index in [1.807, 2.05) is 13.8 Å². The molecule has 4 amide bonds. The molecular weight excluding hydrogens is 530 g/mol. The molecule has 10 heteroatoms. The first kappa shape index (κ1) is 24.8. The number of carbonyl (C=O) groups is 3. The van der Waals surface area contributed by atoms with Gasteiger partial charge in [0.25, 0.3) is 17.5 Å². The smallest absolute Gasteiger partial charge is 0.335 e. The number of imide groups is 2. The van der Waals surface area contributed by atoms with E-state index in [9.17, 15) is 24.5 Å². The van der Waals surface area contributed by atoms with Crippen LogP contribution in [0, 0.1) is 24.0 Å². The first-order valence-corrected chi connectivity index (χ1v) is 11.6. The minimum atomic E-state index is -0.825. The summed E-state index contributed by atoms with van der Waals surface area (Å²) in [6.45, 7) is 3.88. The summed E-state index contributed by atoms with van der Waals surface area (Å²) in [6.07, 6.45) is 1.37. The van der Waals surface area contributed by atoms with E-state index in [2.05, 4.69) is 21.2 Å². The average Bonchev–Trinajstić information content (AvgIpc) is 2.83. The van der Waals surface area contributed by atoms with Gasteiger partial charge in [-0.1, -0.05) is 22.0 Å². The van der Waals surface area contributed by atoms with Gasteiger partial charge in [-0.15, -0.1) is 0 Å². The van der Waals surface area contributed by atoms with Crippen LogP contribution in [0.3, 0.4) is 0 Å². The number of rotatable bonds is 6. The van der Waals surface area contributed by atoms with Crippen molar-refractivity contribution in [1.82, 2.24) is 5.32 Å². The Kier molecular flexibility index (Phi) is 6.98. The van der Waals surface area contributed by atoms with Crippen molar-refractivity contribution in [3.63, 3.8) is 0 Å². The Hall–Kier alpha value is -4.31. The number of nitrogens with zero attached hydrogens (tertiary/aromatic N) is 2. The quantitative estimate of drug-likeness (QED) is 0.195. The predicted octanol–water partition coefficient (Wildman–Crippen LogP) is 5.22.